The fourth-order valence-electron chi connectivity index (χ4n) is 4.28. The number of nitrogens with zero attached hydrogens (tertiary/aromatic N) is 3. The Hall–Kier alpha value is -0.160. The molecule has 3 aliphatic heterocycles. The van der Waals surface area contributed by atoms with Crippen molar-refractivity contribution >= 4 is 0 Å². The largest absolute Gasteiger partial charge is 0.329 e. The summed E-state index contributed by atoms with van der Waals surface area (Å²) >= 11 is 0. The Balaban J connectivity index is 1.69. The molecule has 3 rings (SSSR count). The Kier molecular flexibility index (Phi) is 3.89. The first-order valence-electron chi connectivity index (χ1n) is 7.68. The lowest BCUT2D eigenvalue weighted by molar-refractivity contribution is 0.0323. The molecule has 3 atom stereocenters. The summed E-state index contributed by atoms with van der Waals surface area (Å²) in [5.74, 6) is 0. The van der Waals surface area contributed by atoms with E-state index < -0.39 is 0 Å². The second-order valence-electron chi connectivity index (χ2n) is 6.34. The summed E-state index contributed by atoms with van der Waals surface area (Å²) in [5, 5.41) is 0. The number of nitrogens with two attached hydrogens (primary N) is 1. The molecule has 3 unspecified atom stereocenters. The molecule has 0 saturated carbocycles. The van der Waals surface area contributed by atoms with Gasteiger partial charge in [0, 0.05) is 50.8 Å². The highest BCUT2D eigenvalue weighted by Gasteiger charge is 2.41. The topological polar surface area (TPSA) is 35.7 Å². The molecule has 3 heterocycles. The van der Waals surface area contributed by atoms with Crippen molar-refractivity contribution in [3.05, 3.63) is 0 Å². The molecule has 2 N–H and O–H groups in total. The van der Waals surface area contributed by atoms with Gasteiger partial charge in [0.1, 0.15) is 0 Å². The van der Waals surface area contributed by atoms with Gasteiger partial charge in [-0.25, -0.2) is 0 Å². The Morgan fingerprint density at radius 3 is 2.72 bits per heavy atom. The average molecular weight is 252 g/mol. The molecule has 0 amide bonds. The first kappa shape index (κ1) is 12.9. The fourth-order valence-corrected chi connectivity index (χ4v) is 4.28. The fraction of sp³-hybridized carbons (Fsp3) is 1.00. The summed E-state index contributed by atoms with van der Waals surface area (Å²) < 4.78 is 0. The van der Waals surface area contributed by atoms with Crippen molar-refractivity contribution in [3.63, 3.8) is 0 Å². The van der Waals surface area contributed by atoms with Crippen molar-refractivity contribution in [2.75, 3.05) is 46.3 Å². The maximum atomic E-state index is 6.01. The predicted molar refractivity (Wildman–Crippen MR) is 74.7 cm³/mol. The van der Waals surface area contributed by atoms with Crippen LogP contribution in [0.3, 0.4) is 0 Å². The van der Waals surface area contributed by atoms with Gasteiger partial charge >= 0.3 is 0 Å². The maximum Gasteiger partial charge on any atom is 0.0349 e. The van der Waals surface area contributed by atoms with Crippen LogP contribution >= 0.6 is 0 Å². The summed E-state index contributed by atoms with van der Waals surface area (Å²) in [6.07, 6.45) is 5.62. The van der Waals surface area contributed by atoms with E-state index in [2.05, 4.69) is 21.7 Å². The van der Waals surface area contributed by atoms with Crippen LogP contribution < -0.4 is 5.73 Å². The van der Waals surface area contributed by atoms with Gasteiger partial charge in [-0.3, -0.25) is 9.80 Å². The van der Waals surface area contributed by atoms with E-state index in [4.69, 9.17) is 5.73 Å². The normalized spacial score (nSPS) is 40.0. The van der Waals surface area contributed by atoms with E-state index in [0.29, 0.717) is 6.04 Å². The molecule has 0 aliphatic carbocycles. The summed E-state index contributed by atoms with van der Waals surface area (Å²) in [7, 11) is 2.22. The molecular weight excluding hydrogens is 224 g/mol. The van der Waals surface area contributed by atoms with E-state index in [1.165, 1.54) is 51.9 Å². The Bertz CT molecular complexity index is 283. The molecule has 0 spiro atoms. The van der Waals surface area contributed by atoms with E-state index in [1.54, 1.807) is 0 Å². The lowest BCUT2D eigenvalue weighted by Crippen LogP contribution is -2.60. The summed E-state index contributed by atoms with van der Waals surface area (Å²) in [6, 6.07) is 2.19. The van der Waals surface area contributed by atoms with Crippen LogP contribution in [0.2, 0.25) is 0 Å². The molecule has 3 saturated heterocycles. The third-order valence-corrected chi connectivity index (χ3v) is 5.25. The minimum atomic E-state index is 0.579. The van der Waals surface area contributed by atoms with Crippen LogP contribution in [0.1, 0.15) is 25.7 Å². The highest BCUT2D eigenvalue weighted by Crippen LogP contribution is 2.32. The zero-order valence-corrected chi connectivity index (χ0v) is 11.7. The molecule has 3 aliphatic rings. The highest BCUT2D eigenvalue weighted by atomic mass is 15.3. The second kappa shape index (κ2) is 5.45. The van der Waals surface area contributed by atoms with Gasteiger partial charge in [0.2, 0.25) is 0 Å². The van der Waals surface area contributed by atoms with Crippen LogP contribution in [-0.2, 0) is 0 Å². The maximum absolute atomic E-state index is 6.01. The molecule has 3 fully saturated rings. The van der Waals surface area contributed by atoms with Crippen molar-refractivity contribution < 1.29 is 0 Å². The SMILES string of the molecule is CN1CCN(C2CCN3CCCCC23)C(CN)C1. The van der Waals surface area contributed by atoms with Crippen LogP contribution in [0.25, 0.3) is 0 Å². The van der Waals surface area contributed by atoms with Gasteiger partial charge in [-0.1, -0.05) is 6.42 Å². The van der Waals surface area contributed by atoms with Gasteiger partial charge in [-0.15, -0.1) is 0 Å². The van der Waals surface area contributed by atoms with E-state index in [0.717, 1.165) is 25.2 Å². The Morgan fingerprint density at radius 2 is 1.89 bits per heavy atom. The van der Waals surface area contributed by atoms with Gasteiger partial charge in [-0.2, -0.15) is 0 Å². The molecule has 0 radical (unpaired) electrons. The molecule has 18 heavy (non-hydrogen) atoms. The number of fused-ring (bicyclic) bond motifs is 1. The lowest BCUT2D eigenvalue weighted by atomic mass is 9.96. The van der Waals surface area contributed by atoms with E-state index in [1.807, 2.05) is 0 Å². The number of piperazine rings is 1. The average Bonchev–Trinajstić information content (AvgIpc) is 2.82. The van der Waals surface area contributed by atoms with Crippen LogP contribution in [0.5, 0.6) is 0 Å². The quantitative estimate of drug-likeness (QED) is 0.761. The minimum Gasteiger partial charge on any atom is -0.329 e. The molecule has 104 valence electrons. The molecule has 0 aromatic rings. The van der Waals surface area contributed by atoms with Crippen LogP contribution in [0, 0.1) is 0 Å². The number of likely N-dealkylation sites (N-methyl/N-ethyl adjacent to an activating group) is 1. The smallest absolute Gasteiger partial charge is 0.0349 e. The van der Waals surface area contributed by atoms with E-state index in [9.17, 15) is 0 Å². The van der Waals surface area contributed by atoms with Crippen molar-refractivity contribution in [3.8, 4) is 0 Å². The standard InChI is InChI=1S/C14H28N4/c1-16-8-9-18(12(10-15)11-16)14-5-7-17-6-3-2-4-13(14)17/h12-14H,2-11,15H2,1H3. The number of hydrogen-bond donors (Lipinski definition) is 1. The third-order valence-electron chi connectivity index (χ3n) is 5.25. The highest BCUT2D eigenvalue weighted by molar-refractivity contribution is 4.98. The third kappa shape index (κ3) is 2.31. The Morgan fingerprint density at radius 1 is 1.00 bits per heavy atom. The van der Waals surface area contributed by atoms with Gasteiger partial charge in [-0.05, 0) is 32.9 Å². The van der Waals surface area contributed by atoms with Gasteiger partial charge in [0.25, 0.3) is 0 Å². The lowest BCUT2D eigenvalue weighted by Gasteiger charge is -2.46. The zero-order valence-electron chi connectivity index (χ0n) is 11.7. The first-order chi connectivity index (χ1) is 8.79. The van der Waals surface area contributed by atoms with E-state index in [-0.39, 0.29) is 0 Å². The number of rotatable bonds is 2. The zero-order chi connectivity index (χ0) is 12.5. The van der Waals surface area contributed by atoms with Crippen LogP contribution in [0.15, 0.2) is 0 Å². The summed E-state index contributed by atoms with van der Waals surface area (Å²) in [4.78, 5) is 7.91. The summed E-state index contributed by atoms with van der Waals surface area (Å²) in [5.41, 5.74) is 6.01. The molecule has 0 aromatic carbocycles. The van der Waals surface area contributed by atoms with Gasteiger partial charge in [0.05, 0.1) is 0 Å². The molecule has 4 nitrogen and oxygen atoms in total. The van der Waals surface area contributed by atoms with Crippen molar-refractivity contribution in [2.45, 2.75) is 43.8 Å². The second-order valence-corrected chi connectivity index (χ2v) is 6.34. The van der Waals surface area contributed by atoms with Crippen LogP contribution in [0.4, 0.5) is 0 Å². The monoisotopic (exact) mass is 252 g/mol. The molecule has 0 aromatic heterocycles. The van der Waals surface area contributed by atoms with Crippen molar-refractivity contribution in [1.82, 2.24) is 14.7 Å². The summed E-state index contributed by atoms with van der Waals surface area (Å²) in [6.45, 7) is 7.04. The van der Waals surface area contributed by atoms with Crippen molar-refractivity contribution in [1.29, 1.82) is 0 Å². The Labute approximate surface area is 111 Å². The minimum absolute atomic E-state index is 0.579. The molecular formula is C14H28N4. The predicted octanol–water partition coefficient (Wildman–Crippen LogP) is 0.188. The first-order valence-corrected chi connectivity index (χ1v) is 7.68. The van der Waals surface area contributed by atoms with Crippen LogP contribution in [-0.4, -0.2) is 79.1 Å². The van der Waals surface area contributed by atoms with Gasteiger partial charge in [0.15, 0.2) is 0 Å². The number of piperidine rings is 1. The number of hydrogen-bond acceptors (Lipinski definition) is 4. The van der Waals surface area contributed by atoms with E-state index >= 15 is 0 Å². The molecule has 0 bridgehead atoms. The van der Waals surface area contributed by atoms with Gasteiger partial charge < -0.3 is 10.6 Å². The molecule has 4 heteroatoms. The van der Waals surface area contributed by atoms with Crippen molar-refractivity contribution in [2.24, 2.45) is 5.73 Å².